The number of nitro groups is 2. The zero-order valence-corrected chi connectivity index (χ0v) is 12.5. The van der Waals surface area contributed by atoms with Crippen molar-refractivity contribution in [1.82, 2.24) is 0 Å². The average molecular weight is 311 g/mol. The summed E-state index contributed by atoms with van der Waals surface area (Å²) in [4.78, 5) is 32.2. The zero-order chi connectivity index (χ0) is 17.0. The van der Waals surface area contributed by atoms with Crippen LogP contribution in [0.4, 0.5) is 17.1 Å². The second-order valence-electron chi connectivity index (χ2n) is 4.79. The van der Waals surface area contributed by atoms with Crippen molar-refractivity contribution >= 4 is 23.0 Å². The third-order valence-corrected chi connectivity index (χ3v) is 3.40. The minimum atomic E-state index is -1.49. The quantitative estimate of drug-likeness (QED) is 0.583. The molecule has 0 bridgehead atoms. The number of carboxylic acids is 1. The van der Waals surface area contributed by atoms with Gasteiger partial charge in [-0.05, 0) is 25.3 Å². The molecule has 0 aliphatic rings. The highest BCUT2D eigenvalue weighted by Crippen LogP contribution is 2.40. The third kappa shape index (κ3) is 3.30. The van der Waals surface area contributed by atoms with Gasteiger partial charge in [0.15, 0.2) is 5.69 Å². The summed E-state index contributed by atoms with van der Waals surface area (Å²) < 4.78 is 0. The Morgan fingerprint density at radius 1 is 1.27 bits per heavy atom. The molecule has 22 heavy (non-hydrogen) atoms. The number of benzene rings is 1. The van der Waals surface area contributed by atoms with E-state index in [0.29, 0.717) is 12.8 Å². The lowest BCUT2D eigenvalue weighted by Crippen LogP contribution is -2.20. The Morgan fingerprint density at radius 3 is 2.18 bits per heavy atom. The monoisotopic (exact) mass is 311 g/mol. The summed E-state index contributed by atoms with van der Waals surface area (Å²) in [5.74, 6) is -1.49. The van der Waals surface area contributed by atoms with Crippen molar-refractivity contribution in [3.05, 3.63) is 37.4 Å². The van der Waals surface area contributed by atoms with Crippen LogP contribution < -0.4 is 5.32 Å². The number of aromatic carboxylic acids is 1. The Hall–Kier alpha value is -2.71. The second kappa shape index (κ2) is 6.83. The zero-order valence-electron chi connectivity index (χ0n) is 12.5. The van der Waals surface area contributed by atoms with Crippen LogP contribution in [0.2, 0.25) is 0 Å². The van der Waals surface area contributed by atoms with Gasteiger partial charge in [0.2, 0.25) is 0 Å². The summed E-state index contributed by atoms with van der Waals surface area (Å²) in [5.41, 5.74) is -2.19. The highest BCUT2D eigenvalue weighted by atomic mass is 16.6. The van der Waals surface area contributed by atoms with Gasteiger partial charge < -0.3 is 10.4 Å². The molecular weight excluding hydrogens is 294 g/mol. The molecule has 1 aromatic carbocycles. The number of aryl methyl sites for hydroxylation is 1. The Bertz CT molecular complexity index is 625. The van der Waals surface area contributed by atoms with Gasteiger partial charge in [0.25, 0.3) is 5.69 Å². The number of nitrogens with zero attached hydrogens (tertiary/aromatic N) is 2. The van der Waals surface area contributed by atoms with E-state index in [4.69, 9.17) is 0 Å². The number of hydrogen-bond acceptors (Lipinski definition) is 6. The first-order chi connectivity index (χ1) is 10.2. The first-order valence-electron chi connectivity index (χ1n) is 6.70. The molecule has 1 rings (SSSR count). The molecule has 0 unspecified atom stereocenters. The SMILES string of the molecule is CCC(CC)Nc1c([N+](=O)[O-])cc(C)c(C(=O)O)c1[N+](=O)[O-]. The number of anilines is 1. The standard InChI is InChI=1S/C13H17N3O6/c1-4-8(5-2)14-11-9(15(19)20)6-7(3)10(13(17)18)12(11)16(21)22/h6,8,14H,4-5H2,1-3H3,(H,17,18). The minimum Gasteiger partial charge on any atom is -0.477 e. The molecule has 0 aliphatic heterocycles. The van der Waals surface area contributed by atoms with Crippen molar-refractivity contribution in [2.45, 2.75) is 39.7 Å². The van der Waals surface area contributed by atoms with Crippen LogP contribution in [-0.2, 0) is 0 Å². The number of rotatable bonds is 7. The maximum atomic E-state index is 11.3. The maximum absolute atomic E-state index is 11.3. The van der Waals surface area contributed by atoms with E-state index in [9.17, 15) is 30.1 Å². The predicted octanol–water partition coefficient (Wildman–Crippen LogP) is 3.11. The summed E-state index contributed by atoms with van der Waals surface area (Å²) >= 11 is 0. The first-order valence-corrected chi connectivity index (χ1v) is 6.70. The highest BCUT2D eigenvalue weighted by molar-refractivity contribution is 5.99. The van der Waals surface area contributed by atoms with Crippen LogP contribution in [0.3, 0.4) is 0 Å². The van der Waals surface area contributed by atoms with Gasteiger partial charge in [0.1, 0.15) is 5.56 Å². The van der Waals surface area contributed by atoms with Crippen LogP contribution in [0, 0.1) is 27.2 Å². The molecule has 120 valence electrons. The molecule has 0 aliphatic carbocycles. The second-order valence-corrected chi connectivity index (χ2v) is 4.79. The lowest BCUT2D eigenvalue weighted by molar-refractivity contribution is -0.392. The normalized spacial score (nSPS) is 10.5. The van der Waals surface area contributed by atoms with E-state index in [-0.39, 0.29) is 17.3 Å². The smallest absolute Gasteiger partial charge is 0.343 e. The minimum absolute atomic E-state index is 0.0269. The molecule has 9 nitrogen and oxygen atoms in total. The van der Waals surface area contributed by atoms with Crippen molar-refractivity contribution in [3.63, 3.8) is 0 Å². The van der Waals surface area contributed by atoms with E-state index in [1.165, 1.54) is 6.92 Å². The Balaban J connectivity index is 3.73. The summed E-state index contributed by atoms with van der Waals surface area (Å²) in [6.07, 6.45) is 1.17. The molecule has 0 aromatic heterocycles. The molecule has 0 fully saturated rings. The van der Waals surface area contributed by atoms with Crippen LogP contribution in [0.1, 0.15) is 42.6 Å². The molecule has 0 heterocycles. The summed E-state index contributed by atoms with van der Waals surface area (Å²) in [6.45, 7) is 4.95. The lowest BCUT2D eigenvalue weighted by Gasteiger charge is -2.17. The van der Waals surface area contributed by atoms with Gasteiger partial charge in [-0.25, -0.2) is 4.79 Å². The largest absolute Gasteiger partial charge is 0.477 e. The molecule has 0 radical (unpaired) electrons. The maximum Gasteiger partial charge on any atom is 0.343 e. The predicted molar refractivity (Wildman–Crippen MR) is 79.4 cm³/mol. The molecular formula is C13H17N3O6. The van der Waals surface area contributed by atoms with Crippen LogP contribution in [0.25, 0.3) is 0 Å². The van der Waals surface area contributed by atoms with E-state index in [2.05, 4.69) is 5.32 Å². The van der Waals surface area contributed by atoms with Crippen molar-refractivity contribution in [2.75, 3.05) is 5.32 Å². The van der Waals surface area contributed by atoms with Crippen molar-refractivity contribution in [1.29, 1.82) is 0 Å². The fraction of sp³-hybridized carbons (Fsp3) is 0.462. The number of nitrogens with one attached hydrogen (secondary N) is 1. The Morgan fingerprint density at radius 2 is 1.82 bits per heavy atom. The molecule has 0 amide bonds. The number of carbonyl (C=O) groups is 1. The van der Waals surface area contributed by atoms with Crippen LogP contribution in [0.5, 0.6) is 0 Å². The molecule has 0 saturated heterocycles. The average Bonchev–Trinajstić information content (AvgIpc) is 2.43. The fourth-order valence-corrected chi connectivity index (χ4v) is 2.22. The van der Waals surface area contributed by atoms with Gasteiger partial charge in [0.05, 0.1) is 9.85 Å². The van der Waals surface area contributed by atoms with E-state index in [1.807, 2.05) is 13.8 Å². The van der Waals surface area contributed by atoms with Crippen molar-refractivity contribution in [3.8, 4) is 0 Å². The lowest BCUT2D eigenvalue weighted by atomic mass is 10.0. The third-order valence-electron chi connectivity index (χ3n) is 3.40. The number of nitro benzene ring substituents is 2. The molecule has 0 spiro atoms. The molecule has 0 saturated carbocycles. The first kappa shape index (κ1) is 17.3. The van der Waals surface area contributed by atoms with Gasteiger partial charge in [-0.1, -0.05) is 13.8 Å². The molecule has 9 heteroatoms. The van der Waals surface area contributed by atoms with E-state index >= 15 is 0 Å². The van der Waals surface area contributed by atoms with Crippen LogP contribution in [0.15, 0.2) is 6.07 Å². The summed E-state index contributed by atoms with van der Waals surface area (Å²) in [5, 5.41) is 34.4. The summed E-state index contributed by atoms with van der Waals surface area (Å²) in [6, 6.07) is 0.808. The van der Waals surface area contributed by atoms with Crippen molar-refractivity contribution < 1.29 is 19.7 Å². The fourth-order valence-electron chi connectivity index (χ4n) is 2.22. The highest BCUT2D eigenvalue weighted by Gasteiger charge is 2.34. The van der Waals surface area contributed by atoms with Gasteiger partial charge in [0, 0.05) is 12.1 Å². The van der Waals surface area contributed by atoms with Gasteiger partial charge in [-0.15, -0.1) is 0 Å². The summed E-state index contributed by atoms with van der Waals surface area (Å²) in [7, 11) is 0. The van der Waals surface area contributed by atoms with Crippen molar-refractivity contribution in [2.24, 2.45) is 0 Å². The van der Waals surface area contributed by atoms with E-state index < -0.39 is 32.8 Å². The molecule has 0 atom stereocenters. The number of hydrogen-bond donors (Lipinski definition) is 2. The van der Waals surface area contributed by atoms with E-state index in [1.54, 1.807) is 0 Å². The topological polar surface area (TPSA) is 136 Å². The molecule has 2 N–H and O–H groups in total. The van der Waals surface area contributed by atoms with E-state index in [0.717, 1.165) is 6.07 Å². The van der Waals surface area contributed by atoms with Gasteiger partial charge in [-0.3, -0.25) is 20.2 Å². The Labute approximate surface area is 126 Å². The van der Waals surface area contributed by atoms with Gasteiger partial charge in [-0.2, -0.15) is 0 Å². The molecule has 1 aromatic rings. The van der Waals surface area contributed by atoms with Gasteiger partial charge >= 0.3 is 11.7 Å². The number of carboxylic acid groups (broad SMARTS) is 1. The van der Waals surface area contributed by atoms with Crippen LogP contribution in [-0.4, -0.2) is 27.0 Å². The van der Waals surface area contributed by atoms with Crippen LogP contribution >= 0.6 is 0 Å². The Kier molecular flexibility index (Phi) is 5.39.